The third-order valence-electron chi connectivity index (χ3n) is 3.05. The fraction of sp³-hybridized carbons (Fsp3) is 0.235. The van der Waals surface area contributed by atoms with E-state index in [-0.39, 0.29) is 43.5 Å². The van der Waals surface area contributed by atoms with Crippen molar-refractivity contribution < 1.29 is 29.6 Å². The lowest BCUT2D eigenvalue weighted by molar-refractivity contribution is 0.103. The molecule has 0 atom stereocenters. The number of aromatic hydroxyl groups is 1. The Labute approximate surface area is 133 Å². The van der Waals surface area contributed by atoms with E-state index in [0.717, 1.165) is 0 Å². The number of carbonyl (C=O) groups excluding carboxylic acids is 1. The van der Waals surface area contributed by atoms with Gasteiger partial charge in [-0.1, -0.05) is 0 Å². The highest BCUT2D eigenvalue weighted by molar-refractivity contribution is 6.10. The van der Waals surface area contributed by atoms with Gasteiger partial charge in [0, 0.05) is 11.6 Å². The van der Waals surface area contributed by atoms with Crippen LogP contribution < -0.4 is 9.47 Å². The van der Waals surface area contributed by atoms with Crippen molar-refractivity contribution in [2.75, 3.05) is 26.4 Å². The summed E-state index contributed by atoms with van der Waals surface area (Å²) >= 11 is 0. The number of hydrogen-bond donors (Lipinski definition) is 3. The lowest BCUT2D eigenvalue weighted by atomic mass is 10.0. The van der Waals surface area contributed by atoms with Crippen molar-refractivity contribution in [2.45, 2.75) is 0 Å². The SMILES string of the molecule is O=C(c1ccc(OCCO)cc1)c1ccc(OCCO)cc1O. The van der Waals surface area contributed by atoms with Gasteiger partial charge in [0.2, 0.25) is 0 Å². The van der Waals surface area contributed by atoms with Crippen molar-refractivity contribution in [1.29, 1.82) is 0 Å². The van der Waals surface area contributed by atoms with Crippen molar-refractivity contribution in [3.05, 3.63) is 53.6 Å². The van der Waals surface area contributed by atoms with E-state index in [1.165, 1.54) is 12.1 Å². The third kappa shape index (κ3) is 4.45. The number of carbonyl (C=O) groups is 1. The molecule has 2 aromatic rings. The molecule has 0 fully saturated rings. The summed E-state index contributed by atoms with van der Waals surface area (Å²) in [5, 5.41) is 27.4. The lowest BCUT2D eigenvalue weighted by Crippen LogP contribution is -2.05. The summed E-state index contributed by atoms with van der Waals surface area (Å²) in [4.78, 5) is 12.4. The maximum Gasteiger partial charge on any atom is 0.196 e. The number of ketones is 1. The van der Waals surface area contributed by atoms with Crippen LogP contribution in [0.5, 0.6) is 17.2 Å². The van der Waals surface area contributed by atoms with E-state index in [2.05, 4.69) is 0 Å². The number of hydrogen-bond acceptors (Lipinski definition) is 6. The second kappa shape index (κ2) is 8.17. The molecule has 0 amide bonds. The van der Waals surface area contributed by atoms with Crippen LogP contribution in [0.1, 0.15) is 15.9 Å². The van der Waals surface area contributed by atoms with Gasteiger partial charge < -0.3 is 24.8 Å². The van der Waals surface area contributed by atoms with E-state index in [4.69, 9.17) is 19.7 Å². The molecule has 0 unspecified atom stereocenters. The van der Waals surface area contributed by atoms with Crippen molar-refractivity contribution in [1.82, 2.24) is 0 Å². The average Bonchev–Trinajstić information content (AvgIpc) is 2.58. The van der Waals surface area contributed by atoms with E-state index in [0.29, 0.717) is 17.1 Å². The van der Waals surface area contributed by atoms with Crippen molar-refractivity contribution in [3.8, 4) is 17.2 Å². The van der Waals surface area contributed by atoms with Crippen LogP contribution in [0.3, 0.4) is 0 Å². The van der Waals surface area contributed by atoms with Gasteiger partial charge in [0.1, 0.15) is 30.5 Å². The molecule has 3 N–H and O–H groups in total. The number of ether oxygens (including phenoxy) is 2. The Morgan fingerprint density at radius 1 is 0.870 bits per heavy atom. The second-order valence-corrected chi connectivity index (χ2v) is 4.68. The quantitative estimate of drug-likeness (QED) is 0.636. The fourth-order valence-electron chi connectivity index (χ4n) is 1.98. The van der Waals surface area contributed by atoms with Gasteiger partial charge in [0.15, 0.2) is 5.78 Å². The predicted molar refractivity (Wildman–Crippen MR) is 83.1 cm³/mol. The van der Waals surface area contributed by atoms with Crippen molar-refractivity contribution >= 4 is 5.78 Å². The van der Waals surface area contributed by atoms with Gasteiger partial charge in [-0.3, -0.25) is 4.79 Å². The molecule has 23 heavy (non-hydrogen) atoms. The number of benzene rings is 2. The highest BCUT2D eigenvalue weighted by atomic mass is 16.5. The molecule has 0 saturated carbocycles. The van der Waals surface area contributed by atoms with E-state index in [9.17, 15) is 9.90 Å². The van der Waals surface area contributed by atoms with Gasteiger partial charge in [-0.25, -0.2) is 0 Å². The molecule has 0 aliphatic heterocycles. The van der Waals surface area contributed by atoms with Crippen LogP contribution in [0.4, 0.5) is 0 Å². The smallest absolute Gasteiger partial charge is 0.196 e. The van der Waals surface area contributed by atoms with Crippen LogP contribution >= 0.6 is 0 Å². The third-order valence-corrected chi connectivity index (χ3v) is 3.05. The molecule has 0 heterocycles. The van der Waals surface area contributed by atoms with Gasteiger partial charge in [0.05, 0.1) is 18.8 Å². The number of aliphatic hydroxyl groups excluding tert-OH is 2. The lowest BCUT2D eigenvalue weighted by Gasteiger charge is -2.09. The van der Waals surface area contributed by atoms with Crippen LogP contribution in [-0.2, 0) is 0 Å². The van der Waals surface area contributed by atoms with E-state index >= 15 is 0 Å². The van der Waals surface area contributed by atoms with Gasteiger partial charge in [0.25, 0.3) is 0 Å². The Kier molecular flexibility index (Phi) is 5.96. The molecule has 0 aliphatic rings. The van der Waals surface area contributed by atoms with Crippen LogP contribution in [-0.4, -0.2) is 47.5 Å². The van der Waals surface area contributed by atoms with E-state index < -0.39 is 0 Å². The monoisotopic (exact) mass is 318 g/mol. The first-order valence-electron chi connectivity index (χ1n) is 7.11. The molecule has 0 bridgehead atoms. The molecule has 0 radical (unpaired) electrons. The summed E-state index contributed by atoms with van der Waals surface area (Å²) in [6, 6.07) is 10.8. The summed E-state index contributed by atoms with van der Waals surface area (Å²) < 4.78 is 10.4. The summed E-state index contributed by atoms with van der Waals surface area (Å²) in [6.07, 6.45) is 0. The van der Waals surface area contributed by atoms with Gasteiger partial charge in [-0.2, -0.15) is 0 Å². The minimum absolute atomic E-state index is 0.0841. The predicted octanol–water partition coefficient (Wildman–Crippen LogP) is 1.37. The molecule has 122 valence electrons. The largest absolute Gasteiger partial charge is 0.507 e. The van der Waals surface area contributed by atoms with Crippen LogP contribution in [0.2, 0.25) is 0 Å². The highest BCUT2D eigenvalue weighted by Crippen LogP contribution is 2.26. The zero-order valence-corrected chi connectivity index (χ0v) is 12.4. The topological polar surface area (TPSA) is 96.2 Å². The van der Waals surface area contributed by atoms with E-state index in [1.54, 1.807) is 30.3 Å². The Morgan fingerprint density at radius 2 is 1.43 bits per heavy atom. The van der Waals surface area contributed by atoms with Crippen molar-refractivity contribution in [3.63, 3.8) is 0 Å². The molecular formula is C17H18O6. The molecule has 6 heteroatoms. The summed E-state index contributed by atoms with van der Waals surface area (Å²) in [5.74, 6) is 0.407. The van der Waals surface area contributed by atoms with Crippen molar-refractivity contribution in [2.24, 2.45) is 0 Å². The Bertz CT molecular complexity index is 651. The second-order valence-electron chi connectivity index (χ2n) is 4.68. The number of aliphatic hydroxyl groups is 2. The first kappa shape index (κ1) is 16.8. The Morgan fingerprint density at radius 3 is 2.00 bits per heavy atom. The summed E-state index contributed by atoms with van der Waals surface area (Å²) in [7, 11) is 0. The van der Waals surface area contributed by atoms with E-state index in [1.807, 2.05) is 0 Å². The zero-order valence-electron chi connectivity index (χ0n) is 12.4. The molecule has 0 saturated heterocycles. The summed E-state index contributed by atoms with van der Waals surface area (Å²) in [5.41, 5.74) is 0.561. The number of phenolic OH excluding ortho intramolecular Hbond substituents is 1. The minimum atomic E-state index is -0.329. The fourth-order valence-corrected chi connectivity index (χ4v) is 1.98. The van der Waals surface area contributed by atoms with Crippen LogP contribution in [0.15, 0.2) is 42.5 Å². The number of phenols is 1. The summed E-state index contributed by atoms with van der Waals surface area (Å²) in [6.45, 7) is 0.0802. The molecular weight excluding hydrogens is 300 g/mol. The van der Waals surface area contributed by atoms with Gasteiger partial charge in [-0.05, 0) is 36.4 Å². The molecule has 0 aromatic heterocycles. The van der Waals surface area contributed by atoms with Gasteiger partial charge >= 0.3 is 0 Å². The molecule has 2 rings (SSSR count). The maximum absolute atomic E-state index is 12.4. The minimum Gasteiger partial charge on any atom is -0.507 e. The first-order chi connectivity index (χ1) is 11.2. The standard InChI is InChI=1S/C17H18O6/c18-7-9-22-13-3-1-12(2-4-13)17(21)15-6-5-14(11-16(15)20)23-10-8-19/h1-6,11,18-20H,7-10H2. The first-order valence-corrected chi connectivity index (χ1v) is 7.11. The molecule has 6 nitrogen and oxygen atoms in total. The molecule has 0 spiro atoms. The van der Waals surface area contributed by atoms with Gasteiger partial charge in [-0.15, -0.1) is 0 Å². The Hall–Kier alpha value is -2.57. The maximum atomic E-state index is 12.4. The Balaban J connectivity index is 2.13. The highest BCUT2D eigenvalue weighted by Gasteiger charge is 2.14. The zero-order chi connectivity index (χ0) is 16.7. The average molecular weight is 318 g/mol. The van der Waals surface area contributed by atoms with Crippen LogP contribution in [0, 0.1) is 0 Å². The molecule has 2 aromatic carbocycles. The normalized spacial score (nSPS) is 10.3. The number of rotatable bonds is 8. The molecule has 0 aliphatic carbocycles. The van der Waals surface area contributed by atoms with Crippen LogP contribution in [0.25, 0.3) is 0 Å².